The lowest BCUT2D eigenvalue weighted by Gasteiger charge is -2.26. The lowest BCUT2D eigenvalue weighted by Crippen LogP contribution is -2.27. The summed E-state index contributed by atoms with van der Waals surface area (Å²) in [6.07, 6.45) is 3.53. The van der Waals surface area contributed by atoms with Crippen LogP contribution in [-0.2, 0) is 12.8 Å². The van der Waals surface area contributed by atoms with E-state index in [1.54, 1.807) is 0 Å². The second-order valence-corrected chi connectivity index (χ2v) is 5.78. The lowest BCUT2D eigenvalue weighted by atomic mass is 9.88. The van der Waals surface area contributed by atoms with Crippen molar-refractivity contribution in [1.82, 2.24) is 0 Å². The van der Waals surface area contributed by atoms with E-state index >= 15 is 0 Å². The van der Waals surface area contributed by atoms with Gasteiger partial charge in [-0.2, -0.15) is 0 Å². The molecule has 0 fully saturated rings. The van der Waals surface area contributed by atoms with E-state index in [1.165, 1.54) is 29.7 Å². The maximum atomic E-state index is 3.63. The highest BCUT2D eigenvalue weighted by molar-refractivity contribution is 9.10. The molecule has 2 heteroatoms. The Morgan fingerprint density at radius 1 is 0.944 bits per heavy atom. The molecule has 1 aliphatic rings. The summed E-state index contributed by atoms with van der Waals surface area (Å²) in [6.45, 7) is 0. The van der Waals surface area contributed by atoms with Gasteiger partial charge in [0.15, 0.2) is 0 Å². The summed E-state index contributed by atoms with van der Waals surface area (Å²) in [5.41, 5.74) is 4.23. The molecule has 92 valence electrons. The summed E-state index contributed by atoms with van der Waals surface area (Å²) in [6, 6.07) is 17.8. The number of rotatable bonds is 2. The van der Waals surface area contributed by atoms with Gasteiger partial charge in [0.2, 0.25) is 0 Å². The average Bonchev–Trinajstić information content (AvgIpc) is 2.41. The molecule has 0 aromatic heterocycles. The number of aryl methyl sites for hydroxylation is 1. The smallest absolute Gasteiger partial charge is 0.0343 e. The summed E-state index contributed by atoms with van der Waals surface area (Å²) in [7, 11) is 0. The van der Waals surface area contributed by atoms with Crippen LogP contribution in [0.1, 0.15) is 17.5 Å². The molecule has 2 aromatic rings. The van der Waals surface area contributed by atoms with Gasteiger partial charge in [0.05, 0.1) is 0 Å². The van der Waals surface area contributed by atoms with Gasteiger partial charge in [-0.05, 0) is 54.7 Å². The fourth-order valence-electron chi connectivity index (χ4n) is 2.60. The lowest BCUT2D eigenvalue weighted by molar-refractivity contribution is 0.611. The van der Waals surface area contributed by atoms with Crippen LogP contribution in [0.5, 0.6) is 0 Å². The van der Waals surface area contributed by atoms with Gasteiger partial charge >= 0.3 is 0 Å². The Hall–Kier alpha value is -1.28. The monoisotopic (exact) mass is 301 g/mol. The molecule has 1 aliphatic carbocycles. The van der Waals surface area contributed by atoms with Gasteiger partial charge in [-0.1, -0.05) is 40.2 Å². The molecule has 0 amide bonds. The fraction of sp³-hybridized carbons (Fsp3) is 0.250. The topological polar surface area (TPSA) is 12.0 Å². The van der Waals surface area contributed by atoms with Crippen LogP contribution >= 0.6 is 15.9 Å². The number of fused-ring (bicyclic) bond motifs is 1. The molecule has 0 saturated heterocycles. The van der Waals surface area contributed by atoms with Gasteiger partial charge in [0.25, 0.3) is 0 Å². The average molecular weight is 302 g/mol. The third-order valence-corrected chi connectivity index (χ3v) is 4.09. The largest absolute Gasteiger partial charge is 0.382 e. The zero-order valence-electron chi connectivity index (χ0n) is 10.2. The highest BCUT2D eigenvalue weighted by Crippen LogP contribution is 2.24. The van der Waals surface area contributed by atoms with E-state index in [0.717, 1.165) is 10.9 Å². The van der Waals surface area contributed by atoms with Gasteiger partial charge in [-0.15, -0.1) is 0 Å². The standard InChI is InChI=1S/C16H16BrN/c17-14-6-9-15(10-7-14)18-16-8-5-12-3-1-2-4-13(12)11-16/h1-4,6-7,9-10,16,18H,5,8,11H2. The Morgan fingerprint density at radius 2 is 1.67 bits per heavy atom. The molecule has 1 N–H and O–H groups in total. The van der Waals surface area contributed by atoms with Crippen LogP contribution in [0.4, 0.5) is 5.69 Å². The van der Waals surface area contributed by atoms with Gasteiger partial charge in [0.1, 0.15) is 0 Å². The fourth-order valence-corrected chi connectivity index (χ4v) is 2.87. The SMILES string of the molecule is Brc1ccc(NC2CCc3ccccc3C2)cc1. The predicted molar refractivity (Wildman–Crippen MR) is 80.0 cm³/mol. The minimum Gasteiger partial charge on any atom is -0.382 e. The normalized spacial score (nSPS) is 18.2. The van der Waals surface area contributed by atoms with Crippen molar-refractivity contribution in [2.24, 2.45) is 0 Å². The molecule has 0 spiro atoms. The number of halogens is 1. The number of anilines is 1. The molecule has 1 unspecified atom stereocenters. The van der Waals surface area contributed by atoms with Gasteiger partial charge in [-0.3, -0.25) is 0 Å². The van der Waals surface area contributed by atoms with Crippen molar-refractivity contribution in [2.45, 2.75) is 25.3 Å². The predicted octanol–water partition coefficient (Wildman–Crippen LogP) is 4.42. The third-order valence-electron chi connectivity index (χ3n) is 3.56. The molecule has 0 aliphatic heterocycles. The summed E-state index contributed by atoms with van der Waals surface area (Å²) < 4.78 is 1.13. The Bertz CT molecular complexity index is 533. The van der Waals surface area contributed by atoms with E-state index in [1.807, 2.05) is 0 Å². The van der Waals surface area contributed by atoms with Crippen LogP contribution in [0, 0.1) is 0 Å². The Kier molecular flexibility index (Phi) is 3.37. The number of benzene rings is 2. The first-order valence-corrected chi connectivity index (χ1v) is 7.19. The van der Waals surface area contributed by atoms with Gasteiger partial charge < -0.3 is 5.32 Å². The summed E-state index contributed by atoms with van der Waals surface area (Å²) in [5.74, 6) is 0. The molecule has 1 nitrogen and oxygen atoms in total. The van der Waals surface area contributed by atoms with E-state index in [-0.39, 0.29) is 0 Å². The van der Waals surface area contributed by atoms with Gasteiger partial charge in [-0.25, -0.2) is 0 Å². The van der Waals surface area contributed by atoms with E-state index in [9.17, 15) is 0 Å². The summed E-state index contributed by atoms with van der Waals surface area (Å²) in [5, 5.41) is 3.63. The quantitative estimate of drug-likeness (QED) is 0.866. The van der Waals surface area contributed by atoms with E-state index in [4.69, 9.17) is 0 Å². The molecule has 1 atom stereocenters. The van der Waals surface area contributed by atoms with E-state index < -0.39 is 0 Å². The molecule has 18 heavy (non-hydrogen) atoms. The zero-order chi connectivity index (χ0) is 12.4. The first-order chi connectivity index (χ1) is 8.81. The summed E-state index contributed by atoms with van der Waals surface area (Å²) >= 11 is 3.46. The van der Waals surface area contributed by atoms with Crippen LogP contribution in [0.15, 0.2) is 53.0 Å². The Morgan fingerprint density at radius 3 is 2.44 bits per heavy atom. The minimum absolute atomic E-state index is 0.557. The number of hydrogen-bond acceptors (Lipinski definition) is 1. The van der Waals surface area contributed by atoms with Crippen molar-refractivity contribution in [2.75, 3.05) is 5.32 Å². The van der Waals surface area contributed by atoms with Crippen LogP contribution in [-0.4, -0.2) is 6.04 Å². The maximum absolute atomic E-state index is 3.63. The van der Waals surface area contributed by atoms with Crippen LogP contribution in [0.3, 0.4) is 0 Å². The zero-order valence-corrected chi connectivity index (χ0v) is 11.8. The van der Waals surface area contributed by atoms with Crippen molar-refractivity contribution in [3.8, 4) is 0 Å². The van der Waals surface area contributed by atoms with E-state index in [0.29, 0.717) is 6.04 Å². The van der Waals surface area contributed by atoms with Crippen molar-refractivity contribution < 1.29 is 0 Å². The minimum atomic E-state index is 0.557. The second-order valence-electron chi connectivity index (χ2n) is 4.86. The highest BCUT2D eigenvalue weighted by Gasteiger charge is 2.17. The van der Waals surface area contributed by atoms with Gasteiger partial charge in [0, 0.05) is 16.2 Å². The molecule has 0 saturated carbocycles. The molecular formula is C16H16BrN. The van der Waals surface area contributed by atoms with E-state index in [2.05, 4.69) is 69.8 Å². The first-order valence-electron chi connectivity index (χ1n) is 6.40. The maximum Gasteiger partial charge on any atom is 0.0343 e. The molecule has 0 heterocycles. The summed E-state index contributed by atoms with van der Waals surface area (Å²) in [4.78, 5) is 0. The molecule has 0 radical (unpaired) electrons. The van der Waals surface area contributed by atoms with Crippen molar-refractivity contribution >= 4 is 21.6 Å². The first kappa shape index (κ1) is 11.8. The van der Waals surface area contributed by atoms with Crippen molar-refractivity contribution in [3.05, 3.63) is 64.1 Å². The van der Waals surface area contributed by atoms with Crippen molar-refractivity contribution in [3.63, 3.8) is 0 Å². The second kappa shape index (κ2) is 5.15. The number of hydrogen-bond donors (Lipinski definition) is 1. The van der Waals surface area contributed by atoms with Crippen LogP contribution < -0.4 is 5.32 Å². The van der Waals surface area contributed by atoms with Crippen molar-refractivity contribution in [1.29, 1.82) is 0 Å². The third kappa shape index (κ3) is 2.59. The van der Waals surface area contributed by atoms with Crippen LogP contribution in [0.2, 0.25) is 0 Å². The molecule has 2 aromatic carbocycles. The highest BCUT2D eigenvalue weighted by atomic mass is 79.9. The van der Waals surface area contributed by atoms with Crippen LogP contribution in [0.25, 0.3) is 0 Å². The molecular weight excluding hydrogens is 286 g/mol. The molecule has 3 rings (SSSR count). The Balaban J connectivity index is 1.71. The molecule has 0 bridgehead atoms. The Labute approximate surface area is 116 Å². The number of nitrogens with one attached hydrogen (secondary N) is 1.